The molecule has 1 aliphatic heterocycles. The Labute approximate surface area is 93.9 Å². The van der Waals surface area contributed by atoms with Crippen molar-refractivity contribution in [2.24, 2.45) is 0 Å². The Morgan fingerprint density at radius 1 is 1.44 bits per heavy atom. The number of aliphatic hydroxyl groups is 1. The lowest BCUT2D eigenvalue weighted by atomic mass is 10.2. The van der Waals surface area contributed by atoms with Gasteiger partial charge in [0.15, 0.2) is 0 Å². The molecule has 1 aromatic rings. The van der Waals surface area contributed by atoms with Crippen LogP contribution in [0.2, 0.25) is 0 Å². The molecule has 1 amide bonds. The van der Waals surface area contributed by atoms with Gasteiger partial charge in [0, 0.05) is 38.9 Å². The van der Waals surface area contributed by atoms with Crippen LogP contribution in [0, 0.1) is 0 Å². The van der Waals surface area contributed by atoms with Crippen LogP contribution < -0.4 is 0 Å². The van der Waals surface area contributed by atoms with E-state index in [9.17, 15) is 4.79 Å². The maximum Gasteiger partial charge on any atom is 0.257 e. The number of H-pyrrole nitrogens is 1. The first kappa shape index (κ1) is 11.1. The fourth-order valence-electron chi connectivity index (χ4n) is 1.87. The summed E-state index contributed by atoms with van der Waals surface area (Å²) in [7, 11) is 0. The Bertz CT molecular complexity index is 331. The predicted octanol–water partition coefficient (Wildman–Crippen LogP) is -0.840. The summed E-state index contributed by atoms with van der Waals surface area (Å²) in [6, 6.07) is 0. The van der Waals surface area contributed by atoms with E-state index in [1.54, 1.807) is 12.4 Å². The summed E-state index contributed by atoms with van der Waals surface area (Å²) in [6.45, 7) is 3.94. The third-order valence-corrected chi connectivity index (χ3v) is 2.82. The monoisotopic (exact) mass is 224 g/mol. The molecule has 88 valence electrons. The highest BCUT2D eigenvalue weighted by Crippen LogP contribution is 2.06. The zero-order chi connectivity index (χ0) is 11.4. The number of amides is 1. The zero-order valence-corrected chi connectivity index (χ0v) is 9.09. The fourth-order valence-corrected chi connectivity index (χ4v) is 1.87. The van der Waals surface area contributed by atoms with E-state index in [-0.39, 0.29) is 12.5 Å². The summed E-state index contributed by atoms with van der Waals surface area (Å²) in [4.78, 5) is 15.9. The minimum absolute atomic E-state index is 0.0254. The van der Waals surface area contributed by atoms with E-state index in [0.29, 0.717) is 25.2 Å². The molecule has 1 aliphatic rings. The maximum atomic E-state index is 11.9. The molecule has 0 unspecified atom stereocenters. The van der Waals surface area contributed by atoms with Crippen LogP contribution in [0.4, 0.5) is 0 Å². The average Bonchev–Trinajstić information content (AvgIpc) is 2.83. The van der Waals surface area contributed by atoms with Gasteiger partial charge >= 0.3 is 0 Å². The minimum Gasteiger partial charge on any atom is -0.395 e. The summed E-state index contributed by atoms with van der Waals surface area (Å²) in [5.74, 6) is 0.0254. The number of nitrogens with zero attached hydrogens (tertiary/aromatic N) is 3. The molecule has 2 rings (SSSR count). The lowest BCUT2D eigenvalue weighted by Crippen LogP contribution is -2.49. The second-order valence-electron chi connectivity index (χ2n) is 3.84. The van der Waals surface area contributed by atoms with Gasteiger partial charge in [-0.15, -0.1) is 0 Å². The molecule has 2 N–H and O–H groups in total. The van der Waals surface area contributed by atoms with E-state index in [2.05, 4.69) is 15.1 Å². The van der Waals surface area contributed by atoms with Crippen LogP contribution in [0.3, 0.4) is 0 Å². The van der Waals surface area contributed by atoms with Crippen molar-refractivity contribution in [3.63, 3.8) is 0 Å². The molecule has 16 heavy (non-hydrogen) atoms. The number of β-amino-alcohol motifs (C(OH)–C–C–N with tert-alkyl or cyclic N) is 1. The Kier molecular flexibility index (Phi) is 3.53. The van der Waals surface area contributed by atoms with Crippen molar-refractivity contribution in [1.82, 2.24) is 20.0 Å². The van der Waals surface area contributed by atoms with E-state index in [0.717, 1.165) is 13.1 Å². The van der Waals surface area contributed by atoms with E-state index >= 15 is 0 Å². The molecule has 0 aromatic carbocycles. The van der Waals surface area contributed by atoms with Gasteiger partial charge in [-0.05, 0) is 0 Å². The van der Waals surface area contributed by atoms with E-state index in [1.165, 1.54) is 0 Å². The second-order valence-corrected chi connectivity index (χ2v) is 3.84. The average molecular weight is 224 g/mol. The molecule has 0 bridgehead atoms. The smallest absolute Gasteiger partial charge is 0.257 e. The highest BCUT2D eigenvalue weighted by Gasteiger charge is 2.21. The molecule has 0 radical (unpaired) electrons. The molecule has 1 saturated heterocycles. The molecule has 0 aliphatic carbocycles. The van der Waals surface area contributed by atoms with Gasteiger partial charge in [0.05, 0.1) is 18.4 Å². The highest BCUT2D eigenvalue weighted by molar-refractivity contribution is 5.93. The first-order valence-electron chi connectivity index (χ1n) is 5.42. The van der Waals surface area contributed by atoms with Crippen molar-refractivity contribution in [1.29, 1.82) is 0 Å². The van der Waals surface area contributed by atoms with Gasteiger partial charge in [0.25, 0.3) is 5.91 Å². The van der Waals surface area contributed by atoms with Crippen LogP contribution in [-0.4, -0.2) is 70.3 Å². The van der Waals surface area contributed by atoms with Crippen LogP contribution in [-0.2, 0) is 0 Å². The Morgan fingerprint density at radius 3 is 2.75 bits per heavy atom. The number of aliphatic hydroxyl groups excluding tert-OH is 1. The summed E-state index contributed by atoms with van der Waals surface area (Å²) < 4.78 is 0. The Hall–Kier alpha value is -1.40. The van der Waals surface area contributed by atoms with Crippen molar-refractivity contribution in [3.05, 3.63) is 18.0 Å². The molecule has 6 heteroatoms. The van der Waals surface area contributed by atoms with Gasteiger partial charge in [-0.1, -0.05) is 0 Å². The van der Waals surface area contributed by atoms with Crippen LogP contribution >= 0.6 is 0 Å². The van der Waals surface area contributed by atoms with Gasteiger partial charge in [-0.3, -0.25) is 14.8 Å². The van der Waals surface area contributed by atoms with Gasteiger partial charge < -0.3 is 10.0 Å². The zero-order valence-electron chi connectivity index (χ0n) is 9.09. The number of rotatable bonds is 3. The number of nitrogens with one attached hydrogen (secondary N) is 1. The molecule has 1 fully saturated rings. The van der Waals surface area contributed by atoms with Crippen LogP contribution in [0.25, 0.3) is 0 Å². The molecule has 0 saturated carbocycles. The van der Waals surface area contributed by atoms with Gasteiger partial charge in [0.2, 0.25) is 0 Å². The number of carbonyl (C=O) groups excluding carboxylic acids is 1. The largest absolute Gasteiger partial charge is 0.395 e. The molecule has 6 nitrogen and oxygen atoms in total. The number of carbonyl (C=O) groups is 1. The van der Waals surface area contributed by atoms with E-state index < -0.39 is 0 Å². The molecule has 0 spiro atoms. The minimum atomic E-state index is 0.0254. The second kappa shape index (κ2) is 5.09. The first-order chi connectivity index (χ1) is 7.81. The van der Waals surface area contributed by atoms with Gasteiger partial charge in [-0.25, -0.2) is 0 Å². The van der Waals surface area contributed by atoms with Crippen LogP contribution in [0.1, 0.15) is 10.4 Å². The number of aromatic nitrogens is 2. The van der Waals surface area contributed by atoms with Crippen molar-refractivity contribution in [2.75, 3.05) is 39.3 Å². The third-order valence-electron chi connectivity index (χ3n) is 2.82. The number of aromatic amines is 1. The molecular weight excluding hydrogens is 208 g/mol. The number of hydrogen-bond acceptors (Lipinski definition) is 4. The van der Waals surface area contributed by atoms with Crippen molar-refractivity contribution in [2.45, 2.75) is 0 Å². The topological polar surface area (TPSA) is 72.5 Å². The quantitative estimate of drug-likeness (QED) is 0.702. The SMILES string of the molecule is O=C(c1cn[nH]c1)N1CCN(CCO)CC1. The van der Waals surface area contributed by atoms with Crippen molar-refractivity contribution in [3.8, 4) is 0 Å². The van der Waals surface area contributed by atoms with Crippen molar-refractivity contribution < 1.29 is 9.90 Å². The molecule has 0 atom stereocenters. The Morgan fingerprint density at radius 2 is 2.19 bits per heavy atom. The van der Waals surface area contributed by atoms with Gasteiger partial charge in [0.1, 0.15) is 0 Å². The summed E-state index contributed by atoms with van der Waals surface area (Å²) in [5, 5.41) is 15.2. The predicted molar refractivity (Wildman–Crippen MR) is 58.0 cm³/mol. The summed E-state index contributed by atoms with van der Waals surface area (Å²) >= 11 is 0. The third kappa shape index (κ3) is 2.40. The first-order valence-corrected chi connectivity index (χ1v) is 5.42. The normalized spacial score (nSPS) is 17.7. The van der Waals surface area contributed by atoms with Crippen molar-refractivity contribution >= 4 is 5.91 Å². The fraction of sp³-hybridized carbons (Fsp3) is 0.600. The van der Waals surface area contributed by atoms with E-state index in [1.807, 2.05) is 4.90 Å². The molecule has 2 heterocycles. The standard InChI is InChI=1S/C10H16N4O2/c15-6-5-13-1-3-14(4-2-13)10(16)9-7-11-12-8-9/h7-8,15H,1-6H2,(H,11,12). The lowest BCUT2D eigenvalue weighted by molar-refractivity contribution is 0.0615. The molecule has 1 aromatic heterocycles. The van der Waals surface area contributed by atoms with Gasteiger partial charge in [-0.2, -0.15) is 5.10 Å². The number of hydrogen-bond donors (Lipinski definition) is 2. The lowest BCUT2D eigenvalue weighted by Gasteiger charge is -2.34. The summed E-state index contributed by atoms with van der Waals surface area (Å²) in [6.07, 6.45) is 3.16. The maximum absolute atomic E-state index is 11.9. The molecular formula is C10H16N4O2. The van der Waals surface area contributed by atoms with Crippen LogP contribution in [0.15, 0.2) is 12.4 Å². The highest BCUT2D eigenvalue weighted by atomic mass is 16.3. The Balaban J connectivity index is 1.87. The summed E-state index contributed by atoms with van der Waals surface area (Å²) in [5.41, 5.74) is 0.607. The van der Waals surface area contributed by atoms with Crippen LogP contribution in [0.5, 0.6) is 0 Å². The van der Waals surface area contributed by atoms with E-state index in [4.69, 9.17) is 5.11 Å². The number of piperazine rings is 1.